The Bertz CT molecular complexity index is 593. The van der Waals surface area contributed by atoms with Gasteiger partial charge in [0.25, 0.3) is 0 Å². The van der Waals surface area contributed by atoms with E-state index >= 15 is 0 Å². The van der Waals surface area contributed by atoms with Crippen LogP contribution in [0.2, 0.25) is 0 Å². The Hall–Kier alpha value is -1.92. The number of hydrogen-bond acceptors (Lipinski definition) is 6. The van der Waals surface area contributed by atoms with Gasteiger partial charge >= 0.3 is 0 Å². The number of methoxy groups -OCH3 is 1. The zero-order valence-electron chi connectivity index (χ0n) is 12.3. The number of ether oxygens (including phenoxy) is 2. The van der Waals surface area contributed by atoms with Gasteiger partial charge in [-0.25, -0.2) is 0 Å². The lowest BCUT2D eigenvalue weighted by atomic mass is 10.1. The van der Waals surface area contributed by atoms with Gasteiger partial charge in [-0.3, -0.25) is 4.90 Å². The number of benzene rings is 1. The molecule has 1 aliphatic rings. The van der Waals surface area contributed by atoms with Crippen molar-refractivity contribution >= 4 is 0 Å². The van der Waals surface area contributed by atoms with Crippen LogP contribution >= 0.6 is 0 Å². The molecule has 6 heteroatoms. The standard InChI is InChI=1S/C15H19N3O3/c1-11-4-3-5-12(6-11)20-13-7-18(8-13)9-15-16-14(10-19-2)17-21-15/h3-6,13H,7-10H2,1-2H3. The summed E-state index contributed by atoms with van der Waals surface area (Å²) in [5.41, 5.74) is 1.21. The molecule has 0 bridgehead atoms. The first-order valence-corrected chi connectivity index (χ1v) is 6.99. The minimum absolute atomic E-state index is 0.230. The lowest BCUT2D eigenvalue weighted by molar-refractivity contribution is 0.00861. The molecule has 2 heterocycles. The van der Waals surface area contributed by atoms with Crippen molar-refractivity contribution in [2.45, 2.75) is 26.2 Å². The topological polar surface area (TPSA) is 60.6 Å². The number of likely N-dealkylation sites (tertiary alicyclic amines) is 1. The SMILES string of the molecule is COCc1noc(CN2CC(Oc3cccc(C)c3)C2)n1. The molecule has 0 spiro atoms. The maximum absolute atomic E-state index is 5.91. The van der Waals surface area contributed by atoms with Gasteiger partial charge in [0.2, 0.25) is 5.89 Å². The molecule has 1 saturated heterocycles. The Morgan fingerprint density at radius 1 is 1.38 bits per heavy atom. The maximum atomic E-state index is 5.91. The van der Waals surface area contributed by atoms with Crippen LogP contribution in [-0.4, -0.2) is 41.3 Å². The van der Waals surface area contributed by atoms with Gasteiger partial charge in [-0.2, -0.15) is 4.98 Å². The fraction of sp³-hybridized carbons (Fsp3) is 0.467. The van der Waals surface area contributed by atoms with Crippen molar-refractivity contribution in [2.75, 3.05) is 20.2 Å². The van der Waals surface area contributed by atoms with E-state index in [2.05, 4.69) is 34.1 Å². The van der Waals surface area contributed by atoms with Gasteiger partial charge < -0.3 is 14.0 Å². The summed E-state index contributed by atoms with van der Waals surface area (Å²) in [6.07, 6.45) is 0.230. The van der Waals surface area contributed by atoms with Crippen molar-refractivity contribution in [3.05, 3.63) is 41.5 Å². The Labute approximate surface area is 123 Å². The number of aryl methyl sites for hydroxylation is 1. The van der Waals surface area contributed by atoms with Crippen LogP contribution in [0.4, 0.5) is 0 Å². The zero-order valence-corrected chi connectivity index (χ0v) is 12.3. The minimum Gasteiger partial charge on any atom is -0.488 e. The van der Waals surface area contributed by atoms with Gasteiger partial charge in [0, 0.05) is 20.2 Å². The van der Waals surface area contributed by atoms with Gasteiger partial charge in [0.15, 0.2) is 5.82 Å². The molecule has 21 heavy (non-hydrogen) atoms. The van der Waals surface area contributed by atoms with Gasteiger partial charge in [-0.15, -0.1) is 0 Å². The van der Waals surface area contributed by atoms with Gasteiger partial charge in [0.05, 0.1) is 6.54 Å². The molecule has 3 rings (SSSR count). The Morgan fingerprint density at radius 3 is 3.00 bits per heavy atom. The summed E-state index contributed by atoms with van der Waals surface area (Å²) < 4.78 is 16.0. The van der Waals surface area contributed by atoms with Gasteiger partial charge in [0.1, 0.15) is 18.5 Å². The summed E-state index contributed by atoms with van der Waals surface area (Å²) in [6.45, 7) is 4.84. The summed E-state index contributed by atoms with van der Waals surface area (Å²) in [7, 11) is 1.61. The molecular formula is C15H19N3O3. The first-order valence-electron chi connectivity index (χ1n) is 6.99. The number of nitrogens with zero attached hydrogens (tertiary/aromatic N) is 3. The quantitative estimate of drug-likeness (QED) is 0.808. The van der Waals surface area contributed by atoms with Crippen molar-refractivity contribution in [2.24, 2.45) is 0 Å². The highest BCUT2D eigenvalue weighted by molar-refractivity contribution is 5.27. The van der Waals surface area contributed by atoms with Crippen molar-refractivity contribution in [1.82, 2.24) is 15.0 Å². The van der Waals surface area contributed by atoms with E-state index in [4.69, 9.17) is 14.0 Å². The highest BCUT2D eigenvalue weighted by Gasteiger charge is 2.29. The number of rotatable bonds is 6. The number of aromatic nitrogens is 2. The molecule has 6 nitrogen and oxygen atoms in total. The van der Waals surface area contributed by atoms with Gasteiger partial charge in [-0.05, 0) is 24.6 Å². The van der Waals surface area contributed by atoms with Crippen LogP contribution in [0.3, 0.4) is 0 Å². The van der Waals surface area contributed by atoms with Crippen molar-refractivity contribution in [3.63, 3.8) is 0 Å². The van der Waals surface area contributed by atoms with Crippen LogP contribution in [0.15, 0.2) is 28.8 Å². The van der Waals surface area contributed by atoms with E-state index in [1.165, 1.54) is 5.56 Å². The molecule has 1 aromatic carbocycles. The third-order valence-electron chi connectivity index (χ3n) is 3.36. The van der Waals surface area contributed by atoms with E-state index in [9.17, 15) is 0 Å². The molecule has 2 aromatic rings. The van der Waals surface area contributed by atoms with E-state index < -0.39 is 0 Å². The van der Waals surface area contributed by atoms with Crippen LogP contribution in [0.25, 0.3) is 0 Å². The average Bonchev–Trinajstić information content (AvgIpc) is 2.84. The fourth-order valence-corrected chi connectivity index (χ4v) is 2.34. The van der Waals surface area contributed by atoms with Crippen molar-refractivity contribution in [1.29, 1.82) is 0 Å². The van der Waals surface area contributed by atoms with E-state index in [0.717, 1.165) is 18.8 Å². The Kier molecular flexibility index (Phi) is 4.17. The predicted octanol–water partition coefficient (Wildman–Crippen LogP) is 1.79. The zero-order chi connectivity index (χ0) is 14.7. The maximum Gasteiger partial charge on any atom is 0.240 e. The van der Waals surface area contributed by atoms with Crippen LogP contribution in [0.1, 0.15) is 17.3 Å². The summed E-state index contributed by atoms with van der Waals surface area (Å²) in [5.74, 6) is 2.14. The van der Waals surface area contributed by atoms with E-state index in [1.54, 1.807) is 7.11 Å². The van der Waals surface area contributed by atoms with Crippen LogP contribution in [0, 0.1) is 6.92 Å². The molecule has 1 aliphatic heterocycles. The molecule has 0 amide bonds. The Balaban J connectivity index is 1.45. The molecule has 0 atom stereocenters. The molecule has 1 aromatic heterocycles. The summed E-state index contributed by atoms with van der Waals surface area (Å²) in [4.78, 5) is 6.47. The normalized spacial score (nSPS) is 15.9. The monoisotopic (exact) mass is 289 g/mol. The smallest absolute Gasteiger partial charge is 0.240 e. The summed E-state index contributed by atoms with van der Waals surface area (Å²) >= 11 is 0. The van der Waals surface area contributed by atoms with E-state index in [0.29, 0.717) is 24.9 Å². The highest BCUT2D eigenvalue weighted by atomic mass is 16.5. The second-order valence-corrected chi connectivity index (χ2v) is 5.29. The molecule has 0 saturated carbocycles. The largest absolute Gasteiger partial charge is 0.488 e. The third-order valence-corrected chi connectivity index (χ3v) is 3.36. The highest BCUT2D eigenvalue weighted by Crippen LogP contribution is 2.20. The molecule has 0 radical (unpaired) electrons. The second kappa shape index (κ2) is 6.24. The molecular weight excluding hydrogens is 270 g/mol. The van der Waals surface area contributed by atoms with Crippen LogP contribution in [0.5, 0.6) is 5.75 Å². The van der Waals surface area contributed by atoms with E-state index in [-0.39, 0.29) is 6.10 Å². The van der Waals surface area contributed by atoms with Crippen molar-refractivity contribution < 1.29 is 14.0 Å². The summed E-state index contributed by atoms with van der Waals surface area (Å²) in [6, 6.07) is 8.12. The Morgan fingerprint density at radius 2 is 2.24 bits per heavy atom. The second-order valence-electron chi connectivity index (χ2n) is 5.29. The molecule has 0 aliphatic carbocycles. The molecule has 0 N–H and O–H groups in total. The van der Waals surface area contributed by atoms with Gasteiger partial charge in [-0.1, -0.05) is 17.3 Å². The third kappa shape index (κ3) is 3.59. The molecule has 0 unspecified atom stereocenters. The van der Waals surface area contributed by atoms with Crippen molar-refractivity contribution in [3.8, 4) is 5.75 Å². The summed E-state index contributed by atoms with van der Waals surface area (Å²) in [5, 5.41) is 3.84. The predicted molar refractivity (Wildman–Crippen MR) is 75.9 cm³/mol. The van der Waals surface area contributed by atoms with E-state index in [1.807, 2.05) is 12.1 Å². The lowest BCUT2D eigenvalue weighted by Gasteiger charge is -2.38. The fourth-order valence-electron chi connectivity index (χ4n) is 2.34. The molecule has 112 valence electrons. The number of hydrogen-bond donors (Lipinski definition) is 0. The molecule has 1 fully saturated rings. The average molecular weight is 289 g/mol. The minimum atomic E-state index is 0.230. The van der Waals surface area contributed by atoms with Crippen LogP contribution < -0.4 is 4.74 Å². The van der Waals surface area contributed by atoms with Crippen LogP contribution in [-0.2, 0) is 17.9 Å². The first-order chi connectivity index (χ1) is 10.2. The lowest BCUT2D eigenvalue weighted by Crippen LogP contribution is -2.53. The first kappa shape index (κ1) is 14.0.